The maximum absolute atomic E-state index is 12.4. The highest BCUT2D eigenvalue weighted by molar-refractivity contribution is 7.91. The largest absolute Gasteiger partial charge is 0.338 e. The number of sulfonamides is 1. The van der Waals surface area contributed by atoms with Gasteiger partial charge in [-0.15, -0.1) is 11.3 Å². The molecule has 0 aliphatic carbocycles. The number of rotatable bonds is 5. The van der Waals surface area contributed by atoms with Gasteiger partial charge in [0.25, 0.3) is 10.0 Å². The Morgan fingerprint density at radius 2 is 2.00 bits per heavy atom. The third-order valence-electron chi connectivity index (χ3n) is 3.48. The third-order valence-corrected chi connectivity index (χ3v) is 7.07. The number of thiophene rings is 1. The highest BCUT2D eigenvalue weighted by Crippen LogP contribution is 2.28. The molecule has 1 aromatic rings. The first kappa shape index (κ1) is 17.5. The Labute approximate surface area is 140 Å². The Hall–Kier alpha value is -0.830. The molecule has 124 valence electrons. The minimum Gasteiger partial charge on any atom is -0.338 e. The van der Waals surface area contributed by atoms with E-state index in [0.29, 0.717) is 37.1 Å². The second-order valence-corrected chi connectivity index (χ2v) is 8.92. The lowest BCUT2D eigenvalue weighted by atomic mass is 10.3. The number of hydrogen-bond acceptors (Lipinski definition) is 4. The minimum atomic E-state index is -3.50. The summed E-state index contributed by atoms with van der Waals surface area (Å²) in [5, 5.41) is 2.85. The summed E-state index contributed by atoms with van der Waals surface area (Å²) in [6, 6.07) is 2.98. The molecule has 0 saturated carbocycles. The summed E-state index contributed by atoms with van der Waals surface area (Å²) in [5.41, 5.74) is 0. The molecule has 22 heavy (non-hydrogen) atoms. The number of amides is 2. The molecule has 0 unspecified atom stereocenters. The average molecular weight is 366 g/mol. The number of hydrogen-bond donors (Lipinski definition) is 1. The van der Waals surface area contributed by atoms with Crippen molar-refractivity contribution in [1.29, 1.82) is 0 Å². The fraction of sp³-hybridized carbons (Fsp3) is 0.615. The summed E-state index contributed by atoms with van der Waals surface area (Å²) in [7, 11) is -3.50. The predicted molar refractivity (Wildman–Crippen MR) is 88.0 cm³/mol. The summed E-state index contributed by atoms with van der Waals surface area (Å²) >= 11 is 6.86. The summed E-state index contributed by atoms with van der Waals surface area (Å²) in [4.78, 5) is 13.6. The van der Waals surface area contributed by atoms with Gasteiger partial charge >= 0.3 is 6.03 Å². The van der Waals surface area contributed by atoms with E-state index >= 15 is 0 Å². The fourth-order valence-electron chi connectivity index (χ4n) is 2.18. The molecule has 1 aliphatic heterocycles. The molecule has 1 fully saturated rings. The zero-order valence-corrected chi connectivity index (χ0v) is 14.8. The van der Waals surface area contributed by atoms with Gasteiger partial charge in [0.05, 0.1) is 4.34 Å². The Morgan fingerprint density at radius 1 is 1.32 bits per heavy atom. The Kier molecular flexibility index (Phi) is 6.08. The number of urea groups is 1. The van der Waals surface area contributed by atoms with Crippen molar-refractivity contribution in [1.82, 2.24) is 14.5 Å². The topological polar surface area (TPSA) is 69.7 Å². The van der Waals surface area contributed by atoms with E-state index in [-0.39, 0.29) is 10.2 Å². The summed E-state index contributed by atoms with van der Waals surface area (Å²) < 4.78 is 27.0. The minimum absolute atomic E-state index is 0.121. The van der Waals surface area contributed by atoms with E-state index in [1.54, 1.807) is 11.0 Å². The van der Waals surface area contributed by atoms with Crippen molar-refractivity contribution in [3.63, 3.8) is 0 Å². The zero-order valence-electron chi connectivity index (χ0n) is 12.4. The number of halogens is 1. The van der Waals surface area contributed by atoms with Crippen LogP contribution in [0.15, 0.2) is 16.3 Å². The number of nitrogens with one attached hydrogen (secondary N) is 1. The Bertz CT molecular complexity index is 610. The van der Waals surface area contributed by atoms with Crippen LogP contribution >= 0.6 is 22.9 Å². The lowest BCUT2D eigenvalue weighted by Crippen LogP contribution is -2.53. The normalized spacial score (nSPS) is 16.7. The van der Waals surface area contributed by atoms with Crippen LogP contribution in [0.2, 0.25) is 4.34 Å². The van der Waals surface area contributed by atoms with Crippen LogP contribution in [0.5, 0.6) is 0 Å². The van der Waals surface area contributed by atoms with Crippen LogP contribution in [0.25, 0.3) is 0 Å². The molecule has 0 spiro atoms. The molecule has 1 N–H and O–H groups in total. The molecule has 1 aromatic heterocycles. The van der Waals surface area contributed by atoms with Crippen LogP contribution in [0.1, 0.15) is 19.8 Å². The first-order chi connectivity index (χ1) is 10.4. The van der Waals surface area contributed by atoms with Gasteiger partial charge in [0.1, 0.15) is 4.21 Å². The first-order valence-electron chi connectivity index (χ1n) is 7.23. The van der Waals surface area contributed by atoms with Crippen molar-refractivity contribution in [2.75, 3.05) is 32.7 Å². The molecular weight excluding hydrogens is 346 g/mol. The monoisotopic (exact) mass is 365 g/mol. The van der Waals surface area contributed by atoms with Crippen molar-refractivity contribution in [2.24, 2.45) is 0 Å². The van der Waals surface area contributed by atoms with Gasteiger partial charge in [-0.05, 0) is 18.6 Å². The number of carbonyl (C=O) groups is 1. The first-order valence-corrected chi connectivity index (χ1v) is 9.87. The lowest BCUT2D eigenvalue weighted by molar-refractivity contribution is 0.172. The number of unbranched alkanes of at least 4 members (excludes halogenated alkanes) is 1. The van der Waals surface area contributed by atoms with Crippen molar-refractivity contribution >= 4 is 39.0 Å². The van der Waals surface area contributed by atoms with E-state index in [2.05, 4.69) is 12.2 Å². The van der Waals surface area contributed by atoms with Gasteiger partial charge in [-0.2, -0.15) is 4.31 Å². The number of piperazine rings is 1. The highest BCUT2D eigenvalue weighted by atomic mass is 35.5. The zero-order chi connectivity index (χ0) is 16.2. The van der Waals surface area contributed by atoms with Crippen LogP contribution in [0.3, 0.4) is 0 Å². The molecule has 2 heterocycles. The quantitative estimate of drug-likeness (QED) is 0.813. The molecule has 0 atom stereocenters. The van der Waals surface area contributed by atoms with E-state index in [4.69, 9.17) is 11.6 Å². The van der Waals surface area contributed by atoms with Crippen LogP contribution in [0, 0.1) is 0 Å². The van der Waals surface area contributed by atoms with E-state index in [1.165, 1.54) is 10.4 Å². The molecule has 1 saturated heterocycles. The van der Waals surface area contributed by atoms with Gasteiger partial charge in [0.15, 0.2) is 0 Å². The van der Waals surface area contributed by atoms with E-state index in [1.807, 2.05) is 0 Å². The van der Waals surface area contributed by atoms with E-state index in [0.717, 1.165) is 24.2 Å². The molecule has 6 nitrogen and oxygen atoms in total. The maximum Gasteiger partial charge on any atom is 0.317 e. The molecule has 0 aromatic carbocycles. The SMILES string of the molecule is CCCCNC(=O)N1CCN(S(=O)(=O)c2ccc(Cl)s2)CC1. The Morgan fingerprint density at radius 3 is 2.55 bits per heavy atom. The average Bonchev–Trinajstić information content (AvgIpc) is 2.95. The summed E-state index contributed by atoms with van der Waals surface area (Å²) in [5.74, 6) is 0. The van der Waals surface area contributed by atoms with Gasteiger partial charge in [-0.25, -0.2) is 13.2 Å². The third kappa shape index (κ3) is 4.13. The molecule has 9 heteroatoms. The fourth-order valence-corrected chi connectivity index (χ4v) is 5.24. The van der Waals surface area contributed by atoms with E-state index < -0.39 is 10.0 Å². The van der Waals surface area contributed by atoms with Gasteiger partial charge in [-0.3, -0.25) is 0 Å². The smallest absolute Gasteiger partial charge is 0.317 e. The predicted octanol–water partition coefficient (Wildman–Crippen LogP) is 2.22. The van der Waals surface area contributed by atoms with Crippen molar-refractivity contribution in [3.05, 3.63) is 16.5 Å². The van der Waals surface area contributed by atoms with Crippen LogP contribution in [0.4, 0.5) is 4.79 Å². The van der Waals surface area contributed by atoms with E-state index in [9.17, 15) is 13.2 Å². The standard InChI is InChI=1S/C13H20ClN3O3S2/c1-2-3-6-15-13(18)16-7-9-17(10-8-16)22(19,20)12-5-4-11(14)21-12/h4-5H,2-3,6-10H2,1H3,(H,15,18). The Balaban J connectivity index is 1.90. The second-order valence-electron chi connectivity index (χ2n) is 5.04. The van der Waals surface area contributed by atoms with Gasteiger partial charge < -0.3 is 10.2 Å². The maximum atomic E-state index is 12.4. The molecule has 0 radical (unpaired) electrons. The molecule has 2 rings (SSSR count). The highest BCUT2D eigenvalue weighted by Gasteiger charge is 2.30. The lowest BCUT2D eigenvalue weighted by Gasteiger charge is -2.33. The van der Waals surface area contributed by atoms with Gasteiger partial charge in [0, 0.05) is 32.7 Å². The molecule has 0 bridgehead atoms. The van der Waals surface area contributed by atoms with Crippen LogP contribution in [-0.2, 0) is 10.0 Å². The van der Waals surface area contributed by atoms with Crippen molar-refractivity contribution in [3.8, 4) is 0 Å². The molecular formula is C13H20ClN3O3S2. The number of nitrogens with zero attached hydrogens (tertiary/aromatic N) is 2. The second kappa shape index (κ2) is 7.63. The summed E-state index contributed by atoms with van der Waals surface area (Å²) in [6.07, 6.45) is 1.97. The van der Waals surface area contributed by atoms with Gasteiger partial charge in [0.2, 0.25) is 0 Å². The summed E-state index contributed by atoms with van der Waals surface area (Å²) in [6.45, 7) is 4.12. The van der Waals surface area contributed by atoms with Crippen LogP contribution in [-0.4, -0.2) is 56.4 Å². The molecule has 2 amide bonds. The van der Waals surface area contributed by atoms with Crippen molar-refractivity contribution in [2.45, 2.75) is 24.0 Å². The molecule has 1 aliphatic rings. The van der Waals surface area contributed by atoms with Crippen molar-refractivity contribution < 1.29 is 13.2 Å². The van der Waals surface area contributed by atoms with Crippen LogP contribution < -0.4 is 5.32 Å². The number of carbonyl (C=O) groups excluding carboxylic acids is 1. The van der Waals surface area contributed by atoms with Gasteiger partial charge in [-0.1, -0.05) is 24.9 Å².